The van der Waals surface area contributed by atoms with Crippen LogP contribution in [0.1, 0.15) is 6.42 Å². The smallest absolute Gasteiger partial charge is 0.151 e. The summed E-state index contributed by atoms with van der Waals surface area (Å²) >= 11 is 6.07. The van der Waals surface area contributed by atoms with E-state index < -0.39 is 0 Å². The second kappa shape index (κ2) is 5.81. The van der Waals surface area contributed by atoms with Gasteiger partial charge in [0.15, 0.2) is 5.82 Å². The lowest BCUT2D eigenvalue weighted by Crippen LogP contribution is -2.28. The van der Waals surface area contributed by atoms with Gasteiger partial charge in [0, 0.05) is 31.3 Å². The van der Waals surface area contributed by atoms with Crippen molar-refractivity contribution >= 4 is 17.4 Å². The first-order chi connectivity index (χ1) is 9.74. The Morgan fingerprint density at radius 3 is 2.95 bits per heavy atom. The third-order valence-corrected chi connectivity index (χ3v) is 3.76. The number of aromatic amines is 1. The molecule has 0 spiro atoms. The number of hydrogen-bond donors (Lipinski definition) is 2. The molecule has 1 saturated heterocycles. The maximum atomic E-state index is 13.1. The maximum Gasteiger partial charge on any atom is 0.151 e. The molecule has 0 aliphatic carbocycles. The first-order valence-corrected chi connectivity index (χ1v) is 7.08. The monoisotopic (exact) mass is 294 g/mol. The molecule has 1 aliphatic rings. The van der Waals surface area contributed by atoms with Crippen LogP contribution in [0, 0.1) is 5.82 Å². The summed E-state index contributed by atoms with van der Waals surface area (Å²) in [6.45, 7) is 3.91. The molecule has 0 saturated carbocycles. The van der Waals surface area contributed by atoms with E-state index in [-0.39, 0.29) is 5.82 Å². The molecular weight excluding hydrogens is 279 g/mol. The van der Waals surface area contributed by atoms with E-state index >= 15 is 0 Å². The molecule has 6 heteroatoms. The highest BCUT2D eigenvalue weighted by Gasteiger charge is 2.14. The van der Waals surface area contributed by atoms with Crippen LogP contribution >= 0.6 is 11.6 Å². The number of nitrogens with one attached hydrogen (secondary N) is 2. The minimum Gasteiger partial charge on any atom is -0.354 e. The van der Waals surface area contributed by atoms with Crippen molar-refractivity contribution in [3.8, 4) is 11.3 Å². The van der Waals surface area contributed by atoms with E-state index in [0.29, 0.717) is 5.02 Å². The van der Waals surface area contributed by atoms with Crippen molar-refractivity contribution in [3.63, 3.8) is 0 Å². The first-order valence-electron chi connectivity index (χ1n) is 6.70. The fraction of sp³-hybridized carbons (Fsp3) is 0.357. The Balaban J connectivity index is 1.85. The van der Waals surface area contributed by atoms with Gasteiger partial charge in [-0.15, -0.1) is 0 Å². The maximum absolute atomic E-state index is 13.1. The van der Waals surface area contributed by atoms with Crippen LogP contribution in [0.3, 0.4) is 0 Å². The van der Waals surface area contributed by atoms with Crippen LogP contribution in [0.4, 0.5) is 10.2 Å². The number of H-pyrrole nitrogens is 1. The lowest BCUT2D eigenvalue weighted by Gasteiger charge is -2.18. The molecule has 1 aromatic heterocycles. The molecule has 1 aromatic carbocycles. The molecule has 2 heterocycles. The summed E-state index contributed by atoms with van der Waals surface area (Å²) in [6.07, 6.45) is 1.10. The van der Waals surface area contributed by atoms with Gasteiger partial charge in [-0.2, -0.15) is 5.10 Å². The number of anilines is 1. The number of nitrogens with zero attached hydrogens (tertiary/aromatic N) is 2. The van der Waals surface area contributed by atoms with E-state index in [1.807, 2.05) is 6.07 Å². The van der Waals surface area contributed by atoms with Gasteiger partial charge >= 0.3 is 0 Å². The van der Waals surface area contributed by atoms with E-state index in [1.54, 1.807) is 6.07 Å². The van der Waals surface area contributed by atoms with Gasteiger partial charge in [0.25, 0.3) is 0 Å². The van der Waals surface area contributed by atoms with Crippen molar-refractivity contribution in [2.75, 3.05) is 31.1 Å². The Morgan fingerprint density at radius 1 is 1.20 bits per heavy atom. The quantitative estimate of drug-likeness (QED) is 0.895. The first kappa shape index (κ1) is 13.4. The number of halogens is 2. The summed E-state index contributed by atoms with van der Waals surface area (Å²) in [7, 11) is 0. The molecule has 106 valence electrons. The normalized spacial score (nSPS) is 16.2. The van der Waals surface area contributed by atoms with Crippen LogP contribution in [0.15, 0.2) is 24.3 Å². The zero-order chi connectivity index (χ0) is 13.9. The van der Waals surface area contributed by atoms with Crippen LogP contribution in [-0.4, -0.2) is 36.4 Å². The van der Waals surface area contributed by atoms with E-state index in [2.05, 4.69) is 20.4 Å². The number of benzene rings is 1. The van der Waals surface area contributed by atoms with Gasteiger partial charge in [0.05, 0.1) is 10.7 Å². The SMILES string of the molecule is Fc1ccc(-c2cc(N3CCCNCC3)n[nH]2)c(Cl)c1. The number of hydrogen-bond acceptors (Lipinski definition) is 3. The van der Waals surface area contributed by atoms with Crippen molar-refractivity contribution in [2.45, 2.75) is 6.42 Å². The highest BCUT2D eigenvalue weighted by atomic mass is 35.5. The Morgan fingerprint density at radius 2 is 2.10 bits per heavy atom. The van der Waals surface area contributed by atoms with E-state index in [9.17, 15) is 4.39 Å². The predicted molar refractivity (Wildman–Crippen MR) is 78.7 cm³/mol. The summed E-state index contributed by atoms with van der Waals surface area (Å²) in [6, 6.07) is 6.34. The summed E-state index contributed by atoms with van der Waals surface area (Å²) in [5.74, 6) is 0.571. The van der Waals surface area contributed by atoms with Crippen molar-refractivity contribution < 1.29 is 4.39 Å². The second-order valence-corrected chi connectivity index (χ2v) is 5.26. The zero-order valence-corrected chi connectivity index (χ0v) is 11.8. The van der Waals surface area contributed by atoms with Crippen molar-refractivity contribution in [2.24, 2.45) is 0 Å². The van der Waals surface area contributed by atoms with Gasteiger partial charge in [-0.1, -0.05) is 11.6 Å². The standard InChI is InChI=1S/C14H16ClFN4/c15-12-8-10(16)2-3-11(12)13-9-14(19-18-13)20-6-1-4-17-5-7-20/h2-3,8-9,17H,1,4-7H2,(H,18,19). The van der Waals surface area contributed by atoms with Crippen molar-refractivity contribution in [1.82, 2.24) is 15.5 Å². The largest absolute Gasteiger partial charge is 0.354 e. The van der Waals surface area contributed by atoms with Gasteiger partial charge in [-0.25, -0.2) is 4.39 Å². The third-order valence-electron chi connectivity index (χ3n) is 3.45. The summed E-state index contributed by atoms with van der Waals surface area (Å²) in [5.41, 5.74) is 1.57. The lowest BCUT2D eigenvalue weighted by atomic mass is 10.1. The Hall–Kier alpha value is -1.59. The molecule has 0 bridgehead atoms. The molecule has 0 amide bonds. The highest BCUT2D eigenvalue weighted by Crippen LogP contribution is 2.29. The Kier molecular flexibility index (Phi) is 3.89. The molecule has 0 unspecified atom stereocenters. The minimum atomic E-state index is -0.336. The molecule has 2 aromatic rings. The lowest BCUT2D eigenvalue weighted by molar-refractivity contribution is 0.628. The Labute approximate surface area is 121 Å². The van der Waals surface area contributed by atoms with Gasteiger partial charge < -0.3 is 10.2 Å². The Bertz CT molecular complexity index is 591. The third kappa shape index (κ3) is 2.78. The summed E-state index contributed by atoms with van der Waals surface area (Å²) in [5, 5.41) is 11.1. The summed E-state index contributed by atoms with van der Waals surface area (Å²) in [4.78, 5) is 2.23. The highest BCUT2D eigenvalue weighted by molar-refractivity contribution is 6.33. The van der Waals surface area contributed by atoms with E-state index in [4.69, 9.17) is 11.6 Å². The molecule has 0 radical (unpaired) electrons. The van der Waals surface area contributed by atoms with Crippen LogP contribution in [-0.2, 0) is 0 Å². The molecule has 2 N–H and O–H groups in total. The molecule has 4 nitrogen and oxygen atoms in total. The topological polar surface area (TPSA) is 44.0 Å². The molecule has 1 fully saturated rings. The van der Waals surface area contributed by atoms with Crippen LogP contribution < -0.4 is 10.2 Å². The van der Waals surface area contributed by atoms with Gasteiger partial charge in [-0.3, -0.25) is 5.10 Å². The predicted octanol–water partition coefficient (Wildman–Crippen LogP) is 2.67. The molecular formula is C14H16ClFN4. The van der Waals surface area contributed by atoms with Crippen LogP contribution in [0.5, 0.6) is 0 Å². The number of rotatable bonds is 2. The fourth-order valence-corrected chi connectivity index (χ4v) is 2.66. The van der Waals surface area contributed by atoms with Crippen LogP contribution in [0.2, 0.25) is 5.02 Å². The van der Waals surface area contributed by atoms with Crippen molar-refractivity contribution in [3.05, 3.63) is 35.1 Å². The van der Waals surface area contributed by atoms with Crippen molar-refractivity contribution in [1.29, 1.82) is 0 Å². The average molecular weight is 295 g/mol. The van der Waals surface area contributed by atoms with Gasteiger partial charge in [0.2, 0.25) is 0 Å². The fourth-order valence-electron chi connectivity index (χ4n) is 2.39. The minimum absolute atomic E-state index is 0.336. The summed E-state index contributed by atoms with van der Waals surface area (Å²) < 4.78 is 13.1. The van der Waals surface area contributed by atoms with E-state index in [1.165, 1.54) is 12.1 Å². The second-order valence-electron chi connectivity index (χ2n) is 4.85. The molecule has 0 atom stereocenters. The average Bonchev–Trinajstić information content (AvgIpc) is 2.74. The van der Waals surface area contributed by atoms with Gasteiger partial charge in [-0.05, 0) is 31.2 Å². The molecule has 3 rings (SSSR count). The number of aromatic nitrogens is 2. The van der Waals surface area contributed by atoms with Gasteiger partial charge in [0.1, 0.15) is 5.82 Å². The zero-order valence-electron chi connectivity index (χ0n) is 11.0. The molecule has 1 aliphatic heterocycles. The molecule has 20 heavy (non-hydrogen) atoms. The van der Waals surface area contributed by atoms with E-state index in [0.717, 1.165) is 49.7 Å². The van der Waals surface area contributed by atoms with Crippen LogP contribution in [0.25, 0.3) is 11.3 Å².